The Hall–Kier alpha value is -1.33. The largest absolute Gasteiger partial charge is 0.399 e. The lowest BCUT2D eigenvalue weighted by atomic mass is 10.2. The Morgan fingerprint density at radius 3 is 2.94 bits per heavy atom. The highest BCUT2D eigenvalue weighted by atomic mass is 32.1. The first-order chi connectivity index (χ1) is 8.54. The van der Waals surface area contributed by atoms with Crippen LogP contribution in [0.25, 0.3) is 10.2 Å². The number of aromatic nitrogens is 1. The van der Waals surface area contributed by atoms with Gasteiger partial charge in [-0.3, -0.25) is 0 Å². The number of nitrogens with one attached hydrogen (secondary N) is 1. The van der Waals surface area contributed by atoms with Crippen molar-refractivity contribution in [3.63, 3.8) is 0 Å². The van der Waals surface area contributed by atoms with Crippen LogP contribution < -0.4 is 11.1 Å². The van der Waals surface area contributed by atoms with Gasteiger partial charge in [-0.05, 0) is 52.2 Å². The summed E-state index contributed by atoms with van der Waals surface area (Å²) in [5, 5.41) is 4.42. The lowest BCUT2D eigenvalue weighted by Crippen LogP contribution is -2.22. The first-order valence-electron chi connectivity index (χ1n) is 6.12. The van der Waals surface area contributed by atoms with Gasteiger partial charge in [0, 0.05) is 11.7 Å². The van der Waals surface area contributed by atoms with Gasteiger partial charge in [0.15, 0.2) is 5.13 Å². The average molecular weight is 264 g/mol. The third-order valence-electron chi connectivity index (χ3n) is 2.79. The van der Waals surface area contributed by atoms with E-state index in [2.05, 4.69) is 36.2 Å². The summed E-state index contributed by atoms with van der Waals surface area (Å²) < 4.78 is 1.14. The third-order valence-corrected chi connectivity index (χ3v) is 3.74. The second-order valence-electron chi connectivity index (χ2n) is 4.88. The van der Waals surface area contributed by atoms with Gasteiger partial charge < -0.3 is 16.0 Å². The Kier molecular flexibility index (Phi) is 4.04. The molecule has 0 saturated carbocycles. The number of nitrogen functional groups attached to an aromatic ring is 1. The number of nitrogens with two attached hydrogens (primary N) is 1. The fraction of sp³-hybridized carbons (Fsp3) is 0.462. The van der Waals surface area contributed by atoms with Crippen LogP contribution in [-0.2, 0) is 0 Å². The molecule has 1 heterocycles. The molecule has 1 aromatic heterocycles. The highest BCUT2D eigenvalue weighted by Crippen LogP contribution is 2.28. The van der Waals surface area contributed by atoms with E-state index in [0.717, 1.165) is 34.0 Å². The quantitative estimate of drug-likeness (QED) is 0.815. The van der Waals surface area contributed by atoms with Crippen molar-refractivity contribution in [1.82, 2.24) is 9.88 Å². The Bertz CT molecular complexity index is 521. The molecule has 2 rings (SSSR count). The number of hydrogen-bond donors (Lipinski definition) is 2. The van der Waals surface area contributed by atoms with E-state index in [1.54, 1.807) is 11.3 Å². The van der Waals surface area contributed by atoms with Crippen LogP contribution in [0.15, 0.2) is 18.2 Å². The number of fused-ring (bicyclic) bond motifs is 1. The minimum atomic E-state index is 0.422. The smallest absolute Gasteiger partial charge is 0.184 e. The molecule has 98 valence electrons. The summed E-state index contributed by atoms with van der Waals surface area (Å²) in [6.45, 7) is 3.26. The van der Waals surface area contributed by atoms with E-state index in [9.17, 15) is 0 Å². The Balaban J connectivity index is 2.03. The van der Waals surface area contributed by atoms with Crippen molar-refractivity contribution in [3.05, 3.63) is 18.2 Å². The maximum atomic E-state index is 5.77. The molecule has 0 aliphatic heterocycles. The van der Waals surface area contributed by atoms with Crippen LogP contribution >= 0.6 is 11.3 Å². The molecule has 0 amide bonds. The van der Waals surface area contributed by atoms with E-state index in [-0.39, 0.29) is 0 Å². The molecular weight excluding hydrogens is 244 g/mol. The zero-order valence-electron chi connectivity index (χ0n) is 11.1. The van der Waals surface area contributed by atoms with Crippen molar-refractivity contribution >= 4 is 32.4 Å². The highest BCUT2D eigenvalue weighted by Gasteiger charge is 2.07. The topological polar surface area (TPSA) is 54.2 Å². The van der Waals surface area contributed by atoms with Gasteiger partial charge in [0.25, 0.3) is 0 Å². The first-order valence-corrected chi connectivity index (χ1v) is 6.93. The molecule has 0 aliphatic rings. The van der Waals surface area contributed by atoms with Crippen LogP contribution in [0.4, 0.5) is 10.8 Å². The van der Waals surface area contributed by atoms with Crippen molar-refractivity contribution in [1.29, 1.82) is 0 Å². The van der Waals surface area contributed by atoms with E-state index in [4.69, 9.17) is 5.73 Å². The van der Waals surface area contributed by atoms with Crippen molar-refractivity contribution < 1.29 is 0 Å². The van der Waals surface area contributed by atoms with Crippen molar-refractivity contribution in [2.75, 3.05) is 31.7 Å². The van der Waals surface area contributed by atoms with Gasteiger partial charge in [-0.15, -0.1) is 0 Å². The SMILES string of the molecule is CC(CCN(C)C)Nc1nc2ccc(N)cc2s1. The number of anilines is 2. The minimum Gasteiger partial charge on any atom is -0.399 e. The van der Waals surface area contributed by atoms with E-state index >= 15 is 0 Å². The van der Waals surface area contributed by atoms with Crippen LogP contribution in [0.2, 0.25) is 0 Å². The fourth-order valence-electron chi connectivity index (χ4n) is 1.74. The standard InChI is InChI=1S/C13H20N4S/c1-9(6-7-17(2)3)15-13-16-11-5-4-10(14)8-12(11)18-13/h4-5,8-9H,6-7,14H2,1-3H3,(H,15,16). The van der Waals surface area contributed by atoms with E-state index in [1.807, 2.05) is 18.2 Å². The molecule has 4 nitrogen and oxygen atoms in total. The van der Waals surface area contributed by atoms with Crippen molar-refractivity contribution in [2.24, 2.45) is 0 Å². The monoisotopic (exact) mass is 264 g/mol. The molecule has 0 fully saturated rings. The Labute approximate surface area is 112 Å². The van der Waals surface area contributed by atoms with Crippen LogP contribution in [0, 0.1) is 0 Å². The van der Waals surface area contributed by atoms with E-state index in [0.29, 0.717) is 6.04 Å². The molecule has 0 spiro atoms. The third kappa shape index (κ3) is 3.34. The predicted octanol–water partition coefficient (Wildman–Crippen LogP) is 2.63. The lowest BCUT2D eigenvalue weighted by molar-refractivity contribution is 0.390. The summed E-state index contributed by atoms with van der Waals surface area (Å²) in [6.07, 6.45) is 1.10. The average Bonchev–Trinajstić information content (AvgIpc) is 2.67. The molecule has 5 heteroatoms. The molecule has 0 aliphatic carbocycles. The summed E-state index contributed by atoms with van der Waals surface area (Å²) >= 11 is 1.66. The number of nitrogens with zero attached hydrogens (tertiary/aromatic N) is 2. The molecular formula is C13H20N4S. The van der Waals surface area contributed by atoms with Crippen LogP contribution in [0.3, 0.4) is 0 Å². The first kappa shape index (κ1) is 13.1. The maximum absolute atomic E-state index is 5.77. The Morgan fingerprint density at radius 1 is 1.44 bits per heavy atom. The molecule has 1 atom stereocenters. The maximum Gasteiger partial charge on any atom is 0.184 e. The second kappa shape index (κ2) is 5.54. The van der Waals surface area contributed by atoms with Crippen molar-refractivity contribution in [3.8, 4) is 0 Å². The van der Waals surface area contributed by atoms with Crippen molar-refractivity contribution in [2.45, 2.75) is 19.4 Å². The van der Waals surface area contributed by atoms with E-state index < -0.39 is 0 Å². The minimum absolute atomic E-state index is 0.422. The number of rotatable bonds is 5. The number of hydrogen-bond acceptors (Lipinski definition) is 5. The van der Waals surface area contributed by atoms with Gasteiger partial charge in [-0.1, -0.05) is 11.3 Å². The van der Waals surface area contributed by atoms with Crippen LogP contribution in [0.1, 0.15) is 13.3 Å². The van der Waals surface area contributed by atoms with Gasteiger partial charge in [0.1, 0.15) is 0 Å². The zero-order chi connectivity index (χ0) is 13.1. The molecule has 1 aromatic carbocycles. The van der Waals surface area contributed by atoms with Crippen LogP contribution in [0.5, 0.6) is 0 Å². The number of benzene rings is 1. The van der Waals surface area contributed by atoms with Gasteiger partial charge in [0.2, 0.25) is 0 Å². The molecule has 1 unspecified atom stereocenters. The summed E-state index contributed by atoms with van der Waals surface area (Å²) in [6, 6.07) is 6.26. The molecule has 0 saturated heterocycles. The molecule has 2 aromatic rings. The zero-order valence-corrected chi connectivity index (χ0v) is 11.9. The summed E-state index contributed by atoms with van der Waals surface area (Å²) in [5.41, 5.74) is 7.57. The predicted molar refractivity (Wildman–Crippen MR) is 80.3 cm³/mol. The lowest BCUT2D eigenvalue weighted by Gasteiger charge is -2.15. The van der Waals surface area contributed by atoms with Gasteiger partial charge in [-0.2, -0.15) is 0 Å². The summed E-state index contributed by atoms with van der Waals surface area (Å²) in [7, 11) is 4.18. The second-order valence-corrected chi connectivity index (χ2v) is 5.91. The normalized spacial score (nSPS) is 13.1. The fourth-order valence-corrected chi connectivity index (χ4v) is 2.76. The Morgan fingerprint density at radius 2 is 2.22 bits per heavy atom. The molecule has 0 radical (unpaired) electrons. The molecule has 3 N–H and O–H groups in total. The molecule has 0 bridgehead atoms. The van der Waals surface area contributed by atoms with Gasteiger partial charge in [0.05, 0.1) is 10.2 Å². The summed E-state index contributed by atoms with van der Waals surface area (Å²) in [4.78, 5) is 6.75. The van der Waals surface area contributed by atoms with Gasteiger partial charge in [-0.25, -0.2) is 4.98 Å². The van der Waals surface area contributed by atoms with Crippen LogP contribution in [-0.4, -0.2) is 36.6 Å². The van der Waals surface area contributed by atoms with Gasteiger partial charge >= 0.3 is 0 Å². The number of thiazole rings is 1. The summed E-state index contributed by atoms with van der Waals surface area (Å²) in [5.74, 6) is 0. The highest BCUT2D eigenvalue weighted by molar-refractivity contribution is 7.22. The molecule has 18 heavy (non-hydrogen) atoms. The van der Waals surface area contributed by atoms with E-state index in [1.165, 1.54) is 0 Å².